The predicted octanol–water partition coefficient (Wildman–Crippen LogP) is 5.61. The minimum atomic E-state index is -0.490. The van der Waals surface area contributed by atoms with E-state index >= 15 is 0 Å². The topological polar surface area (TPSA) is 110 Å². The number of likely N-dealkylation sites (tertiary alicyclic amines) is 3. The van der Waals surface area contributed by atoms with Crippen molar-refractivity contribution < 1.29 is 28.7 Å². The van der Waals surface area contributed by atoms with Gasteiger partial charge in [-0.05, 0) is 133 Å². The van der Waals surface area contributed by atoms with E-state index in [1.807, 2.05) is 25.7 Å². The Bertz CT molecular complexity index is 1130. The summed E-state index contributed by atoms with van der Waals surface area (Å²) in [7, 11) is 0. The molecule has 4 unspecified atom stereocenters. The maximum absolute atomic E-state index is 12.6. The minimum absolute atomic E-state index is 0.0394. The molecule has 0 radical (unpaired) electrons. The van der Waals surface area contributed by atoms with Crippen LogP contribution in [0.3, 0.4) is 0 Å². The van der Waals surface area contributed by atoms with Crippen LogP contribution in [0.15, 0.2) is 10.3 Å². The first-order valence-electron chi connectivity index (χ1n) is 19.2. The molecule has 49 heavy (non-hydrogen) atoms. The molecule has 6 rings (SSSR count). The SMILES string of the molecule is CC(C)(C)OC(=O)N1CCC(C2=NOCC(CN3CCCCC3)O2)CC1(C)C.CC1(C)CC(C2=NOCC(CN3CCCCC3)O2)CCN1. The Morgan fingerprint density at radius 1 is 0.776 bits per heavy atom. The summed E-state index contributed by atoms with van der Waals surface area (Å²) in [5.41, 5.74) is -0.651. The Labute approximate surface area is 295 Å². The number of oxime groups is 2. The number of ether oxygens (including phenoxy) is 3. The first-order chi connectivity index (χ1) is 23.3. The average Bonchev–Trinajstić information content (AvgIpc) is 3.04. The van der Waals surface area contributed by atoms with Crippen LogP contribution in [0.1, 0.15) is 113 Å². The van der Waals surface area contributed by atoms with Crippen molar-refractivity contribution in [1.82, 2.24) is 20.0 Å². The number of carbonyl (C=O) groups excluding carboxylic acids is 1. The zero-order chi connectivity index (χ0) is 35.1. The van der Waals surface area contributed by atoms with Gasteiger partial charge in [-0.2, -0.15) is 0 Å². The van der Waals surface area contributed by atoms with Crippen LogP contribution in [0.4, 0.5) is 4.79 Å². The van der Waals surface area contributed by atoms with E-state index in [4.69, 9.17) is 23.9 Å². The van der Waals surface area contributed by atoms with Crippen molar-refractivity contribution in [3.8, 4) is 0 Å². The van der Waals surface area contributed by atoms with Crippen molar-refractivity contribution in [3.05, 3.63) is 0 Å². The van der Waals surface area contributed by atoms with Crippen LogP contribution in [-0.4, -0.2) is 127 Å². The van der Waals surface area contributed by atoms with Crippen LogP contribution >= 0.6 is 0 Å². The molecule has 280 valence electrons. The van der Waals surface area contributed by atoms with E-state index in [0.717, 1.165) is 64.3 Å². The molecule has 12 heteroatoms. The normalized spacial score (nSPS) is 30.9. The number of carbonyl (C=O) groups is 1. The van der Waals surface area contributed by atoms with E-state index in [0.29, 0.717) is 31.6 Å². The van der Waals surface area contributed by atoms with Crippen molar-refractivity contribution in [2.24, 2.45) is 22.1 Å². The van der Waals surface area contributed by atoms with Crippen LogP contribution in [0.25, 0.3) is 0 Å². The van der Waals surface area contributed by atoms with Crippen LogP contribution < -0.4 is 5.32 Å². The highest BCUT2D eigenvalue weighted by Gasteiger charge is 2.43. The van der Waals surface area contributed by atoms with E-state index in [9.17, 15) is 4.79 Å². The summed E-state index contributed by atoms with van der Waals surface area (Å²) in [5.74, 6) is 2.09. The Kier molecular flexibility index (Phi) is 13.0. The second-order valence-electron chi connectivity index (χ2n) is 17.3. The van der Waals surface area contributed by atoms with Crippen molar-refractivity contribution >= 4 is 17.9 Å². The summed E-state index contributed by atoms with van der Waals surface area (Å²) in [4.78, 5) is 30.4. The number of nitrogens with zero attached hydrogens (tertiary/aromatic N) is 5. The zero-order valence-electron chi connectivity index (χ0n) is 31.6. The molecule has 0 spiro atoms. The highest BCUT2D eigenvalue weighted by atomic mass is 16.7. The van der Waals surface area contributed by atoms with Gasteiger partial charge in [0, 0.05) is 42.5 Å². The van der Waals surface area contributed by atoms with Crippen LogP contribution in [0.2, 0.25) is 0 Å². The molecule has 4 saturated heterocycles. The predicted molar refractivity (Wildman–Crippen MR) is 192 cm³/mol. The van der Waals surface area contributed by atoms with Gasteiger partial charge >= 0.3 is 6.09 Å². The van der Waals surface area contributed by atoms with Gasteiger partial charge in [-0.1, -0.05) is 23.2 Å². The zero-order valence-corrected chi connectivity index (χ0v) is 31.6. The van der Waals surface area contributed by atoms with Crippen molar-refractivity contribution in [1.29, 1.82) is 0 Å². The van der Waals surface area contributed by atoms with Gasteiger partial charge in [0.2, 0.25) is 11.8 Å². The number of rotatable bonds is 6. The average molecular weight is 691 g/mol. The van der Waals surface area contributed by atoms with Gasteiger partial charge in [0.05, 0.1) is 0 Å². The Hall–Kier alpha value is -2.31. The second kappa shape index (κ2) is 16.8. The van der Waals surface area contributed by atoms with E-state index in [-0.39, 0.29) is 35.3 Å². The Morgan fingerprint density at radius 3 is 1.76 bits per heavy atom. The third-order valence-electron chi connectivity index (χ3n) is 10.6. The lowest BCUT2D eigenvalue weighted by molar-refractivity contribution is -0.0298. The number of hydrogen-bond donors (Lipinski definition) is 1. The number of piperidine rings is 4. The molecule has 1 amide bonds. The van der Waals surface area contributed by atoms with Gasteiger partial charge in [-0.25, -0.2) is 4.79 Å². The Morgan fingerprint density at radius 2 is 1.29 bits per heavy atom. The van der Waals surface area contributed by atoms with Gasteiger partial charge in [-0.15, -0.1) is 0 Å². The van der Waals surface area contributed by atoms with Crippen molar-refractivity contribution in [2.75, 3.05) is 65.6 Å². The fourth-order valence-electron chi connectivity index (χ4n) is 8.06. The first kappa shape index (κ1) is 37.9. The lowest BCUT2D eigenvalue weighted by Crippen LogP contribution is -2.55. The summed E-state index contributed by atoms with van der Waals surface area (Å²) < 4.78 is 18.0. The van der Waals surface area contributed by atoms with E-state index < -0.39 is 5.60 Å². The molecule has 0 bridgehead atoms. The molecule has 1 N–H and O–H groups in total. The maximum atomic E-state index is 12.6. The first-order valence-corrected chi connectivity index (χ1v) is 19.2. The molecule has 6 heterocycles. The van der Waals surface area contributed by atoms with Crippen molar-refractivity contribution in [3.63, 3.8) is 0 Å². The fourth-order valence-corrected chi connectivity index (χ4v) is 8.06. The van der Waals surface area contributed by atoms with E-state index in [1.165, 1.54) is 51.6 Å². The fraction of sp³-hybridized carbons (Fsp3) is 0.919. The van der Waals surface area contributed by atoms with Crippen LogP contribution in [0.5, 0.6) is 0 Å². The summed E-state index contributed by atoms with van der Waals surface area (Å²) >= 11 is 0. The van der Waals surface area contributed by atoms with E-state index in [2.05, 4.69) is 53.1 Å². The smallest absolute Gasteiger partial charge is 0.410 e. The largest absolute Gasteiger partial charge is 0.470 e. The van der Waals surface area contributed by atoms with Gasteiger partial charge in [0.15, 0.2) is 13.2 Å². The van der Waals surface area contributed by atoms with Crippen LogP contribution in [0, 0.1) is 11.8 Å². The lowest BCUT2D eigenvalue weighted by Gasteiger charge is -2.46. The van der Waals surface area contributed by atoms with Gasteiger partial charge in [0.25, 0.3) is 0 Å². The second-order valence-corrected chi connectivity index (χ2v) is 17.3. The molecule has 6 aliphatic heterocycles. The number of hydrogen-bond acceptors (Lipinski definition) is 11. The van der Waals surface area contributed by atoms with Gasteiger partial charge in [-0.3, -0.25) is 9.80 Å². The molecule has 6 aliphatic rings. The molecule has 0 aliphatic carbocycles. The summed E-state index contributed by atoms with van der Waals surface area (Å²) in [6.07, 6.45) is 11.5. The summed E-state index contributed by atoms with van der Waals surface area (Å²) in [6, 6.07) is 0. The molecule has 12 nitrogen and oxygen atoms in total. The molecule has 0 aromatic heterocycles. The third-order valence-corrected chi connectivity index (χ3v) is 10.6. The summed E-state index contributed by atoms with van der Waals surface area (Å²) in [6.45, 7) is 23.7. The minimum Gasteiger partial charge on any atom is -0.470 e. The van der Waals surface area contributed by atoms with Gasteiger partial charge in [0.1, 0.15) is 17.8 Å². The monoisotopic (exact) mass is 691 g/mol. The van der Waals surface area contributed by atoms with Crippen LogP contribution in [-0.2, 0) is 23.9 Å². The molecular formula is C37H66N6O6. The highest BCUT2D eigenvalue weighted by molar-refractivity contribution is 5.80. The summed E-state index contributed by atoms with van der Waals surface area (Å²) in [5, 5.41) is 12.0. The maximum Gasteiger partial charge on any atom is 0.410 e. The molecule has 4 atom stereocenters. The van der Waals surface area contributed by atoms with Crippen molar-refractivity contribution in [2.45, 2.75) is 142 Å². The molecule has 0 saturated carbocycles. The third kappa shape index (κ3) is 11.6. The van der Waals surface area contributed by atoms with Gasteiger partial charge < -0.3 is 34.1 Å². The highest BCUT2D eigenvalue weighted by Crippen LogP contribution is 2.35. The quantitative estimate of drug-likeness (QED) is 0.381. The standard InChI is InChI=1S/C21H37N3O4.C16H29N3O2/c1-20(2,3)28-19(25)24-12-9-16(13-21(24,4)5)18-22-26-15-17(27-18)14-23-10-7-6-8-11-23;1-16(2)10-13(6-7-17-16)15-18-20-12-14(21-15)11-19-8-4-3-5-9-19/h16-17H,6-15H2,1-5H3;13-14,17H,3-12H2,1-2H3. The number of nitrogens with one attached hydrogen (secondary N) is 1. The number of amides is 1. The lowest BCUT2D eigenvalue weighted by atomic mass is 9.82. The van der Waals surface area contributed by atoms with E-state index in [1.54, 1.807) is 0 Å². The molecule has 0 aromatic rings. The molecule has 0 aromatic carbocycles. The Balaban J connectivity index is 0.000000199. The molecular weight excluding hydrogens is 624 g/mol. The molecule has 4 fully saturated rings.